The molecule has 1 N–H and O–H groups in total. The average Bonchev–Trinajstić information content (AvgIpc) is 2.65. The third-order valence-electron chi connectivity index (χ3n) is 3.51. The molecule has 2 rings (SSSR count). The summed E-state index contributed by atoms with van der Waals surface area (Å²) >= 11 is 12.2. The maximum Gasteiger partial charge on any atom is 0.342 e. The molecular weight excluding hydrogens is 381 g/mol. The van der Waals surface area contributed by atoms with Crippen molar-refractivity contribution >= 4 is 40.8 Å². The maximum absolute atomic E-state index is 12.2. The highest BCUT2D eigenvalue weighted by Crippen LogP contribution is 2.32. The minimum absolute atomic E-state index is 0.174. The Morgan fingerprint density at radius 2 is 1.81 bits per heavy atom. The third kappa shape index (κ3) is 4.59. The number of carbonyl (C=O) groups is 2. The molecule has 0 fully saturated rings. The van der Waals surface area contributed by atoms with Gasteiger partial charge in [-0.3, -0.25) is 4.79 Å². The topological polar surface area (TPSA) is 73.9 Å². The molecule has 2 aromatic carbocycles. The van der Waals surface area contributed by atoms with E-state index in [9.17, 15) is 9.59 Å². The van der Waals surface area contributed by atoms with Crippen LogP contribution in [0, 0.1) is 6.92 Å². The number of ether oxygens (including phenoxy) is 3. The Morgan fingerprint density at radius 1 is 1.08 bits per heavy atom. The lowest BCUT2D eigenvalue weighted by Crippen LogP contribution is -2.21. The zero-order valence-electron chi connectivity index (χ0n) is 14.4. The molecule has 0 heterocycles. The molecular formula is C18H17Cl2NO5. The highest BCUT2D eigenvalue weighted by molar-refractivity contribution is 6.40. The Hall–Kier alpha value is -2.44. The van der Waals surface area contributed by atoms with E-state index >= 15 is 0 Å². The fourth-order valence-corrected chi connectivity index (χ4v) is 2.59. The summed E-state index contributed by atoms with van der Waals surface area (Å²) in [5, 5.41) is 3.16. The summed E-state index contributed by atoms with van der Waals surface area (Å²) in [6, 6.07) is 7.98. The van der Waals surface area contributed by atoms with E-state index in [1.165, 1.54) is 20.3 Å². The second-order valence-corrected chi connectivity index (χ2v) is 6.03. The number of amides is 1. The lowest BCUT2D eigenvalue weighted by molar-refractivity contribution is -0.119. The number of benzene rings is 2. The molecule has 0 aromatic heterocycles. The third-order valence-corrected chi connectivity index (χ3v) is 4.31. The predicted molar refractivity (Wildman–Crippen MR) is 99.7 cm³/mol. The predicted octanol–water partition coefficient (Wildman–Crippen LogP) is 4.11. The van der Waals surface area contributed by atoms with Crippen LogP contribution in [0.3, 0.4) is 0 Å². The summed E-state index contributed by atoms with van der Waals surface area (Å²) in [5.41, 5.74) is 1.20. The molecule has 0 atom stereocenters. The number of anilines is 1. The van der Waals surface area contributed by atoms with Gasteiger partial charge in [0.05, 0.1) is 30.0 Å². The molecule has 0 aliphatic carbocycles. The normalized spacial score (nSPS) is 10.2. The SMILES string of the molecule is COc1ccc(C(=O)OCC(=O)Nc2c(Cl)ccc(C)c2Cl)c(OC)c1. The van der Waals surface area contributed by atoms with Gasteiger partial charge in [-0.1, -0.05) is 29.3 Å². The molecule has 0 spiro atoms. The van der Waals surface area contributed by atoms with E-state index < -0.39 is 18.5 Å². The first kappa shape index (κ1) is 19.9. The fourth-order valence-electron chi connectivity index (χ4n) is 2.12. The minimum Gasteiger partial charge on any atom is -0.497 e. The molecule has 2 aromatic rings. The Balaban J connectivity index is 2.04. The molecule has 0 aliphatic rings. The van der Waals surface area contributed by atoms with E-state index in [4.69, 9.17) is 37.4 Å². The van der Waals surface area contributed by atoms with Gasteiger partial charge in [0.1, 0.15) is 17.1 Å². The van der Waals surface area contributed by atoms with Crippen LogP contribution in [0.25, 0.3) is 0 Å². The lowest BCUT2D eigenvalue weighted by atomic mass is 10.2. The summed E-state index contributed by atoms with van der Waals surface area (Å²) < 4.78 is 15.2. The Morgan fingerprint density at radius 3 is 2.46 bits per heavy atom. The fraction of sp³-hybridized carbons (Fsp3) is 0.222. The monoisotopic (exact) mass is 397 g/mol. The largest absolute Gasteiger partial charge is 0.497 e. The van der Waals surface area contributed by atoms with E-state index in [1.807, 2.05) is 0 Å². The van der Waals surface area contributed by atoms with E-state index in [0.717, 1.165) is 5.56 Å². The molecule has 0 aliphatic heterocycles. The van der Waals surface area contributed by atoms with Crippen molar-refractivity contribution in [2.24, 2.45) is 0 Å². The van der Waals surface area contributed by atoms with Crippen molar-refractivity contribution in [3.8, 4) is 11.5 Å². The van der Waals surface area contributed by atoms with Crippen LogP contribution in [0.4, 0.5) is 5.69 Å². The van der Waals surface area contributed by atoms with Gasteiger partial charge in [-0.05, 0) is 30.7 Å². The van der Waals surface area contributed by atoms with Crippen LogP contribution in [0.15, 0.2) is 30.3 Å². The summed E-state index contributed by atoms with van der Waals surface area (Å²) in [7, 11) is 2.92. The van der Waals surface area contributed by atoms with E-state index in [2.05, 4.69) is 5.32 Å². The van der Waals surface area contributed by atoms with Crippen molar-refractivity contribution in [1.82, 2.24) is 0 Å². The first-order valence-corrected chi connectivity index (χ1v) is 8.26. The van der Waals surface area contributed by atoms with Gasteiger partial charge in [-0.15, -0.1) is 0 Å². The van der Waals surface area contributed by atoms with Crippen molar-refractivity contribution in [2.45, 2.75) is 6.92 Å². The van der Waals surface area contributed by atoms with E-state index in [0.29, 0.717) is 10.8 Å². The van der Waals surface area contributed by atoms with Crippen molar-refractivity contribution in [3.63, 3.8) is 0 Å². The van der Waals surface area contributed by atoms with Crippen LogP contribution >= 0.6 is 23.2 Å². The van der Waals surface area contributed by atoms with Crippen molar-refractivity contribution in [1.29, 1.82) is 0 Å². The second-order valence-electron chi connectivity index (χ2n) is 5.24. The second kappa shape index (κ2) is 8.78. The molecule has 0 radical (unpaired) electrons. The Labute approximate surface area is 160 Å². The number of hydrogen-bond acceptors (Lipinski definition) is 5. The molecule has 0 bridgehead atoms. The number of nitrogens with one attached hydrogen (secondary N) is 1. The average molecular weight is 398 g/mol. The number of methoxy groups -OCH3 is 2. The zero-order valence-corrected chi connectivity index (χ0v) is 15.9. The maximum atomic E-state index is 12.2. The molecule has 6 nitrogen and oxygen atoms in total. The van der Waals surface area contributed by atoms with Crippen LogP contribution in [0.1, 0.15) is 15.9 Å². The molecule has 0 unspecified atom stereocenters. The van der Waals surface area contributed by atoms with Gasteiger partial charge in [0.25, 0.3) is 5.91 Å². The molecule has 1 amide bonds. The molecule has 26 heavy (non-hydrogen) atoms. The van der Waals surface area contributed by atoms with Gasteiger partial charge < -0.3 is 19.5 Å². The Bertz CT molecular complexity index is 839. The number of esters is 1. The van der Waals surface area contributed by atoms with Gasteiger partial charge in [0, 0.05) is 6.07 Å². The highest BCUT2D eigenvalue weighted by atomic mass is 35.5. The minimum atomic E-state index is -0.707. The number of hydrogen-bond donors (Lipinski definition) is 1. The smallest absolute Gasteiger partial charge is 0.342 e. The standard InChI is InChI=1S/C18H17Cl2NO5/c1-10-4-7-13(19)17(16(10)20)21-15(22)9-26-18(23)12-6-5-11(24-2)8-14(12)25-3/h4-8H,9H2,1-3H3,(H,21,22). The number of rotatable bonds is 6. The van der Waals surface area contributed by atoms with Gasteiger partial charge in [0.2, 0.25) is 0 Å². The molecule has 0 saturated heterocycles. The first-order chi connectivity index (χ1) is 12.4. The number of halogens is 2. The van der Waals surface area contributed by atoms with Gasteiger partial charge >= 0.3 is 5.97 Å². The zero-order chi connectivity index (χ0) is 19.3. The first-order valence-electron chi connectivity index (χ1n) is 7.51. The van der Waals surface area contributed by atoms with Crippen LogP contribution in [0.2, 0.25) is 10.0 Å². The van der Waals surface area contributed by atoms with Gasteiger partial charge in [0.15, 0.2) is 6.61 Å². The van der Waals surface area contributed by atoms with Crippen molar-refractivity contribution in [2.75, 3.05) is 26.1 Å². The quantitative estimate of drug-likeness (QED) is 0.742. The number of carbonyl (C=O) groups excluding carboxylic acids is 2. The highest BCUT2D eigenvalue weighted by Gasteiger charge is 2.17. The van der Waals surface area contributed by atoms with Crippen molar-refractivity contribution in [3.05, 3.63) is 51.5 Å². The van der Waals surface area contributed by atoms with Crippen molar-refractivity contribution < 1.29 is 23.8 Å². The van der Waals surface area contributed by atoms with Gasteiger partial charge in [-0.2, -0.15) is 0 Å². The molecule has 0 saturated carbocycles. The summed E-state index contributed by atoms with van der Waals surface area (Å²) in [5.74, 6) is -0.472. The van der Waals surface area contributed by atoms with E-state index in [-0.39, 0.29) is 22.0 Å². The van der Waals surface area contributed by atoms with Crippen LogP contribution in [-0.2, 0) is 9.53 Å². The van der Waals surface area contributed by atoms with E-state index in [1.54, 1.807) is 31.2 Å². The Kier molecular flexibility index (Phi) is 6.71. The summed E-state index contributed by atoms with van der Waals surface area (Å²) in [6.07, 6.45) is 0. The van der Waals surface area contributed by atoms with Crippen LogP contribution in [-0.4, -0.2) is 32.7 Å². The lowest BCUT2D eigenvalue weighted by Gasteiger charge is -2.12. The van der Waals surface area contributed by atoms with Gasteiger partial charge in [-0.25, -0.2) is 4.79 Å². The van der Waals surface area contributed by atoms with Crippen LogP contribution in [0.5, 0.6) is 11.5 Å². The molecule has 8 heteroatoms. The number of aryl methyl sites for hydroxylation is 1. The van der Waals surface area contributed by atoms with Crippen LogP contribution < -0.4 is 14.8 Å². The molecule has 138 valence electrons. The summed E-state index contributed by atoms with van der Waals surface area (Å²) in [6.45, 7) is 1.28. The summed E-state index contributed by atoms with van der Waals surface area (Å²) in [4.78, 5) is 24.3.